The van der Waals surface area contributed by atoms with Crippen molar-refractivity contribution in [3.8, 4) is 5.75 Å². The van der Waals surface area contributed by atoms with Crippen LogP contribution in [0.2, 0.25) is 0 Å². The first-order valence-electron chi connectivity index (χ1n) is 10.8. The summed E-state index contributed by atoms with van der Waals surface area (Å²) in [5.74, 6) is 1.80. The Bertz CT molecular complexity index is 614. The Morgan fingerprint density at radius 1 is 1.21 bits per heavy atom. The topological polar surface area (TPSA) is 52.1 Å². The van der Waals surface area contributed by atoms with E-state index in [0.29, 0.717) is 6.04 Å². The van der Waals surface area contributed by atoms with Gasteiger partial charge in [-0.15, -0.1) is 24.0 Å². The minimum absolute atomic E-state index is 0. The van der Waals surface area contributed by atoms with Crippen molar-refractivity contribution >= 4 is 29.9 Å². The highest BCUT2D eigenvalue weighted by Gasteiger charge is 2.27. The molecule has 29 heavy (non-hydrogen) atoms. The molecule has 1 aliphatic heterocycles. The molecular formula is C22H38IN5O. The van der Waals surface area contributed by atoms with Crippen LogP contribution >= 0.6 is 24.0 Å². The molecule has 3 rings (SSSR count). The Hall–Kier alpha value is -1.06. The third-order valence-electron chi connectivity index (χ3n) is 5.93. The van der Waals surface area contributed by atoms with E-state index in [0.717, 1.165) is 57.0 Å². The molecule has 0 spiro atoms. The van der Waals surface area contributed by atoms with Gasteiger partial charge in [0.15, 0.2) is 5.96 Å². The lowest BCUT2D eigenvalue weighted by molar-refractivity contribution is 0.245. The van der Waals surface area contributed by atoms with Crippen molar-refractivity contribution < 1.29 is 4.74 Å². The molecule has 0 amide bonds. The molecule has 2 N–H and O–H groups in total. The molecule has 6 nitrogen and oxygen atoms in total. The summed E-state index contributed by atoms with van der Waals surface area (Å²) in [7, 11) is 3.57. The van der Waals surface area contributed by atoms with Crippen molar-refractivity contribution in [2.45, 2.75) is 44.7 Å². The maximum atomic E-state index is 5.32. The van der Waals surface area contributed by atoms with Crippen molar-refractivity contribution in [2.75, 3.05) is 53.4 Å². The number of methoxy groups -OCH3 is 1. The third-order valence-corrected chi connectivity index (χ3v) is 5.93. The molecule has 1 heterocycles. The van der Waals surface area contributed by atoms with Crippen LogP contribution < -0.4 is 15.4 Å². The van der Waals surface area contributed by atoms with Gasteiger partial charge in [-0.1, -0.05) is 19.1 Å². The number of hydrogen-bond acceptors (Lipinski definition) is 4. The van der Waals surface area contributed by atoms with Gasteiger partial charge in [-0.3, -0.25) is 14.8 Å². The Morgan fingerprint density at radius 3 is 2.45 bits per heavy atom. The van der Waals surface area contributed by atoms with Crippen molar-refractivity contribution in [3.63, 3.8) is 0 Å². The summed E-state index contributed by atoms with van der Waals surface area (Å²) in [5, 5.41) is 7.05. The highest BCUT2D eigenvalue weighted by Crippen LogP contribution is 2.27. The van der Waals surface area contributed by atoms with Crippen LogP contribution in [0.25, 0.3) is 0 Å². The number of ether oxygens (including phenoxy) is 1. The van der Waals surface area contributed by atoms with Gasteiger partial charge in [0.25, 0.3) is 0 Å². The first-order chi connectivity index (χ1) is 13.7. The zero-order valence-electron chi connectivity index (χ0n) is 18.2. The molecule has 164 valence electrons. The number of likely N-dealkylation sites (tertiary alicyclic amines) is 1. The number of nitrogens with one attached hydrogen (secondary N) is 2. The summed E-state index contributed by atoms with van der Waals surface area (Å²) in [4.78, 5) is 9.57. The van der Waals surface area contributed by atoms with Crippen LogP contribution in [0, 0.1) is 0 Å². The van der Waals surface area contributed by atoms with E-state index in [9.17, 15) is 0 Å². The van der Waals surface area contributed by atoms with E-state index in [-0.39, 0.29) is 24.0 Å². The van der Waals surface area contributed by atoms with E-state index in [2.05, 4.69) is 56.6 Å². The Kier molecular flexibility index (Phi) is 10.5. The van der Waals surface area contributed by atoms with Crippen molar-refractivity contribution in [1.82, 2.24) is 20.4 Å². The Labute approximate surface area is 193 Å². The fourth-order valence-corrected chi connectivity index (χ4v) is 4.11. The minimum atomic E-state index is 0. The van der Waals surface area contributed by atoms with Gasteiger partial charge in [0.2, 0.25) is 0 Å². The average Bonchev–Trinajstić information content (AvgIpc) is 3.44. The second-order valence-corrected chi connectivity index (χ2v) is 7.77. The molecule has 1 atom stereocenters. The van der Waals surface area contributed by atoms with Crippen LogP contribution in [-0.2, 0) is 0 Å². The average molecular weight is 515 g/mol. The molecule has 1 aromatic carbocycles. The van der Waals surface area contributed by atoms with Gasteiger partial charge in [-0.2, -0.15) is 0 Å². The summed E-state index contributed by atoms with van der Waals surface area (Å²) in [5.41, 5.74) is 1.33. The van der Waals surface area contributed by atoms with Crippen LogP contribution in [0.1, 0.15) is 44.2 Å². The molecule has 0 bridgehead atoms. The van der Waals surface area contributed by atoms with Gasteiger partial charge in [-0.05, 0) is 63.0 Å². The molecular weight excluding hydrogens is 477 g/mol. The lowest BCUT2D eigenvalue weighted by Crippen LogP contribution is -2.45. The van der Waals surface area contributed by atoms with Gasteiger partial charge in [-0.25, -0.2) is 0 Å². The number of likely N-dealkylation sites (N-methyl/N-ethyl adjacent to an activating group) is 1. The Balaban J connectivity index is 0.00000300. The first kappa shape index (κ1) is 24.2. The summed E-state index contributed by atoms with van der Waals surface area (Å²) in [6.45, 7) is 8.57. The summed E-state index contributed by atoms with van der Waals surface area (Å²) in [6, 6.07) is 9.66. The van der Waals surface area contributed by atoms with Gasteiger partial charge in [0, 0.05) is 32.7 Å². The SMILES string of the molecule is CCN(CCNC(=NC)NCC(c1ccc(OC)cc1)N1CCCC1)C1CC1.I. The normalized spacial score (nSPS) is 18.4. The van der Waals surface area contributed by atoms with Crippen LogP contribution in [0.4, 0.5) is 0 Å². The van der Waals surface area contributed by atoms with E-state index in [4.69, 9.17) is 4.74 Å². The second-order valence-electron chi connectivity index (χ2n) is 7.77. The second kappa shape index (κ2) is 12.6. The van der Waals surface area contributed by atoms with Crippen LogP contribution in [-0.4, -0.2) is 75.2 Å². The molecule has 0 radical (unpaired) electrons. The van der Waals surface area contributed by atoms with Crippen molar-refractivity contribution in [1.29, 1.82) is 0 Å². The minimum Gasteiger partial charge on any atom is -0.497 e. The maximum absolute atomic E-state index is 5.32. The number of benzene rings is 1. The molecule has 1 aromatic rings. The lowest BCUT2D eigenvalue weighted by Gasteiger charge is -2.29. The van der Waals surface area contributed by atoms with Gasteiger partial charge in [0.05, 0.1) is 13.2 Å². The van der Waals surface area contributed by atoms with Crippen molar-refractivity contribution in [3.05, 3.63) is 29.8 Å². The van der Waals surface area contributed by atoms with Gasteiger partial charge in [0.1, 0.15) is 5.75 Å². The van der Waals surface area contributed by atoms with Gasteiger partial charge < -0.3 is 15.4 Å². The smallest absolute Gasteiger partial charge is 0.191 e. The predicted octanol–water partition coefficient (Wildman–Crippen LogP) is 3.10. The first-order valence-corrected chi connectivity index (χ1v) is 10.8. The summed E-state index contributed by atoms with van der Waals surface area (Å²) in [6.07, 6.45) is 5.29. The number of aliphatic imine (C=N–C) groups is 1. The molecule has 7 heteroatoms. The number of rotatable bonds is 10. The zero-order chi connectivity index (χ0) is 19.8. The highest BCUT2D eigenvalue weighted by molar-refractivity contribution is 14.0. The van der Waals surface area contributed by atoms with Crippen LogP contribution in [0.15, 0.2) is 29.3 Å². The van der Waals surface area contributed by atoms with E-state index >= 15 is 0 Å². The molecule has 2 aliphatic rings. The monoisotopic (exact) mass is 515 g/mol. The van der Waals surface area contributed by atoms with E-state index in [1.165, 1.54) is 31.2 Å². The molecule has 0 aromatic heterocycles. The zero-order valence-corrected chi connectivity index (χ0v) is 20.5. The lowest BCUT2D eigenvalue weighted by atomic mass is 10.1. The number of guanidine groups is 1. The van der Waals surface area contributed by atoms with E-state index in [1.54, 1.807) is 7.11 Å². The molecule has 1 unspecified atom stereocenters. The fourth-order valence-electron chi connectivity index (χ4n) is 4.11. The Morgan fingerprint density at radius 2 is 1.90 bits per heavy atom. The predicted molar refractivity (Wildman–Crippen MR) is 132 cm³/mol. The largest absolute Gasteiger partial charge is 0.497 e. The molecule has 2 fully saturated rings. The van der Waals surface area contributed by atoms with Crippen LogP contribution in [0.3, 0.4) is 0 Å². The number of nitrogens with zero attached hydrogens (tertiary/aromatic N) is 3. The number of halogens is 1. The maximum Gasteiger partial charge on any atom is 0.191 e. The molecule has 1 saturated heterocycles. The van der Waals surface area contributed by atoms with E-state index in [1.807, 2.05) is 7.05 Å². The highest BCUT2D eigenvalue weighted by atomic mass is 127. The third kappa shape index (κ3) is 7.29. The van der Waals surface area contributed by atoms with Crippen LogP contribution in [0.5, 0.6) is 5.75 Å². The molecule has 1 saturated carbocycles. The fraction of sp³-hybridized carbons (Fsp3) is 0.682. The van der Waals surface area contributed by atoms with Crippen molar-refractivity contribution in [2.24, 2.45) is 4.99 Å². The van der Waals surface area contributed by atoms with Gasteiger partial charge >= 0.3 is 0 Å². The number of hydrogen-bond donors (Lipinski definition) is 2. The quantitative estimate of drug-likeness (QED) is 0.285. The summed E-state index contributed by atoms with van der Waals surface area (Å²) < 4.78 is 5.32. The molecule has 1 aliphatic carbocycles. The summed E-state index contributed by atoms with van der Waals surface area (Å²) >= 11 is 0. The van der Waals surface area contributed by atoms with E-state index < -0.39 is 0 Å². The standard InChI is InChI=1S/C22H37N5O.HI/c1-4-26(19-9-10-19)16-13-24-22(23-2)25-17-21(27-14-5-6-15-27)18-7-11-20(28-3)12-8-18;/h7-8,11-12,19,21H,4-6,9-10,13-17H2,1-3H3,(H2,23,24,25);1H.